The first kappa shape index (κ1) is 20.8. The Balaban J connectivity index is 1.30. The molecule has 1 amide bonds. The predicted octanol–water partition coefficient (Wildman–Crippen LogP) is 6.08. The van der Waals surface area contributed by atoms with Crippen LogP contribution in [0.25, 0.3) is 10.6 Å². The van der Waals surface area contributed by atoms with Gasteiger partial charge in [0.25, 0.3) is 5.91 Å². The van der Waals surface area contributed by atoms with Gasteiger partial charge in [0.05, 0.1) is 20.4 Å². The molecule has 1 N–H and O–H groups in total. The van der Waals surface area contributed by atoms with Crippen molar-refractivity contribution < 1.29 is 4.79 Å². The van der Waals surface area contributed by atoms with Crippen LogP contribution in [0, 0.1) is 0 Å². The maximum Gasteiger partial charge on any atom is 0.254 e. The number of carbonyl (C=O) groups excluding carboxylic acids is 1. The minimum Gasteiger partial charge on any atom is -0.332 e. The first-order valence-electron chi connectivity index (χ1n) is 10.3. The zero-order chi connectivity index (χ0) is 21.9. The number of likely N-dealkylation sites (tertiary alicyclic amines) is 1. The fraction of sp³-hybridized carbons (Fsp3) is 0.167. The Morgan fingerprint density at radius 2 is 1.97 bits per heavy atom. The number of pyridine rings is 1. The summed E-state index contributed by atoms with van der Waals surface area (Å²) in [5.74, 6) is 0.562. The molecule has 1 aromatic carbocycles. The SMILES string of the molecule is O=C(c1ccc(Nc2nccc(-c3ccc(Br)s3)n2)cc1)N1CCCC1c1cccnc1. The Bertz CT molecular complexity index is 1230. The van der Waals surface area contributed by atoms with E-state index in [2.05, 4.69) is 36.2 Å². The predicted molar refractivity (Wildman–Crippen MR) is 130 cm³/mol. The summed E-state index contributed by atoms with van der Waals surface area (Å²) >= 11 is 5.11. The number of nitrogens with one attached hydrogen (secondary N) is 1. The molecule has 1 unspecified atom stereocenters. The number of aromatic nitrogens is 3. The fourth-order valence-corrected chi connectivity index (χ4v) is 5.28. The van der Waals surface area contributed by atoms with Gasteiger partial charge in [-0.15, -0.1) is 11.3 Å². The molecule has 0 radical (unpaired) electrons. The Labute approximate surface area is 198 Å². The number of benzene rings is 1. The van der Waals surface area contributed by atoms with Crippen molar-refractivity contribution in [2.45, 2.75) is 18.9 Å². The number of rotatable bonds is 5. The van der Waals surface area contributed by atoms with Crippen molar-refractivity contribution in [3.8, 4) is 10.6 Å². The molecule has 0 spiro atoms. The Kier molecular flexibility index (Phi) is 5.96. The molecule has 6 nitrogen and oxygen atoms in total. The largest absolute Gasteiger partial charge is 0.332 e. The van der Waals surface area contributed by atoms with Gasteiger partial charge in [0.15, 0.2) is 0 Å². The number of carbonyl (C=O) groups is 1. The van der Waals surface area contributed by atoms with E-state index in [1.807, 2.05) is 65.7 Å². The first-order valence-corrected chi connectivity index (χ1v) is 11.9. The van der Waals surface area contributed by atoms with Gasteiger partial charge in [-0.2, -0.15) is 0 Å². The second-order valence-electron chi connectivity index (χ2n) is 7.51. The van der Waals surface area contributed by atoms with Gasteiger partial charge in [-0.1, -0.05) is 6.07 Å². The van der Waals surface area contributed by atoms with Crippen LogP contribution in [0.3, 0.4) is 0 Å². The van der Waals surface area contributed by atoms with Crippen molar-refractivity contribution in [3.05, 3.63) is 88.1 Å². The second-order valence-corrected chi connectivity index (χ2v) is 9.98. The van der Waals surface area contributed by atoms with Crippen molar-refractivity contribution in [1.29, 1.82) is 0 Å². The van der Waals surface area contributed by atoms with Gasteiger partial charge in [-0.05, 0) is 82.9 Å². The van der Waals surface area contributed by atoms with E-state index in [0.29, 0.717) is 11.5 Å². The number of thiophene rings is 1. The molecule has 1 fully saturated rings. The Morgan fingerprint density at radius 1 is 1.09 bits per heavy atom. The molecule has 4 heterocycles. The minimum atomic E-state index is 0.0458. The zero-order valence-electron chi connectivity index (χ0n) is 17.1. The summed E-state index contributed by atoms with van der Waals surface area (Å²) in [4.78, 5) is 29.3. The summed E-state index contributed by atoms with van der Waals surface area (Å²) in [5.41, 5.74) is 3.45. The Morgan fingerprint density at radius 3 is 2.72 bits per heavy atom. The van der Waals surface area contributed by atoms with E-state index in [1.165, 1.54) is 0 Å². The summed E-state index contributed by atoms with van der Waals surface area (Å²) in [6.07, 6.45) is 7.31. The lowest BCUT2D eigenvalue weighted by Gasteiger charge is -2.25. The lowest BCUT2D eigenvalue weighted by molar-refractivity contribution is 0.0735. The first-order chi connectivity index (χ1) is 15.7. The van der Waals surface area contributed by atoms with E-state index in [0.717, 1.165) is 45.0 Å². The van der Waals surface area contributed by atoms with Crippen molar-refractivity contribution in [2.75, 3.05) is 11.9 Å². The van der Waals surface area contributed by atoms with E-state index in [1.54, 1.807) is 23.7 Å². The van der Waals surface area contributed by atoms with Gasteiger partial charge >= 0.3 is 0 Å². The third-order valence-corrected chi connectivity index (χ3v) is 7.10. The molecule has 0 aliphatic carbocycles. The second kappa shape index (κ2) is 9.18. The van der Waals surface area contributed by atoms with Gasteiger partial charge in [0.2, 0.25) is 5.95 Å². The van der Waals surface area contributed by atoms with E-state index in [-0.39, 0.29) is 11.9 Å². The van der Waals surface area contributed by atoms with Gasteiger partial charge in [0, 0.05) is 36.4 Å². The summed E-state index contributed by atoms with van der Waals surface area (Å²) < 4.78 is 1.06. The van der Waals surface area contributed by atoms with Crippen LogP contribution in [0.2, 0.25) is 0 Å². The van der Waals surface area contributed by atoms with Crippen LogP contribution >= 0.6 is 27.3 Å². The highest BCUT2D eigenvalue weighted by Gasteiger charge is 2.30. The Hall–Kier alpha value is -3.10. The number of nitrogens with zero attached hydrogens (tertiary/aromatic N) is 4. The van der Waals surface area contributed by atoms with Crippen molar-refractivity contribution >= 4 is 44.8 Å². The molecule has 5 rings (SSSR count). The van der Waals surface area contributed by atoms with Crippen LogP contribution in [0.1, 0.15) is 34.8 Å². The molecule has 0 bridgehead atoms. The van der Waals surface area contributed by atoms with E-state index < -0.39 is 0 Å². The fourth-order valence-electron chi connectivity index (χ4n) is 3.93. The molecular formula is C24H20BrN5OS. The van der Waals surface area contributed by atoms with E-state index in [9.17, 15) is 4.79 Å². The average molecular weight is 506 g/mol. The zero-order valence-corrected chi connectivity index (χ0v) is 19.5. The molecule has 32 heavy (non-hydrogen) atoms. The summed E-state index contributed by atoms with van der Waals surface area (Å²) in [6, 6.07) is 17.4. The number of amides is 1. The monoisotopic (exact) mass is 505 g/mol. The average Bonchev–Trinajstić information content (AvgIpc) is 3.49. The lowest BCUT2D eigenvalue weighted by atomic mass is 10.1. The molecule has 1 saturated heterocycles. The topological polar surface area (TPSA) is 71.0 Å². The lowest BCUT2D eigenvalue weighted by Crippen LogP contribution is -2.30. The standard InChI is InChI=1S/C24H20BrN5OS/c25-22-10-9-21(32-22)19-11-13-27-24(29-19)28-18-7-5-16(6-8-18)23(31)30-14-2-4-20(30)17-3-1-12-26-15-17/h1,3,5-13,15,20H,2,4,14H2,(H,27,28,29). The maximum absolute atomic E-state index is 13.2. The van der Waals surface area contributed by atoms with Gasteiger partial charge in [-0.25, -0.2) is 9.97 Å². The van der Waals surface area contributed by atoms with Crippen LogP contribution in [0.5, 0.6) is 0 Å². The highest BCUT2D eigenvalue weighted by Crippen LogP contribution is 2.33. The third kappa shape index (κ3) is 4.42. The summed E-state index contributed by atoms with van der Waals surface area (Å²) in [5, 5.41) is 3.23. The van der Waals surface area contributed by atoms with Crippen molar-refractivity contribution in [3.63, 3.8) is 0 Å². The van der Waals surface area contributed by atoms with Crippen LogP contribution in [0.4, 0.5) is 11.6 Å². The molecule has 1 aliphatic rings. The highest BCUT2D eigenvalue weighted by molar-refractivity contribution is 9.11. The van der Waals surface area contributed by atoms with Crippen LogP contribution in [0.15, 0.2) is 77.0 Å². The van der Waals surface area contributed by atoms with E-state index in [4.69, 9.17) is 0 Å². The molecule has 1 atom stereocenters. The molecule has 1 aliphatic heterocycles. The van der Waals surface area contributed by atoms with Gasteiger partial charge in [-0.3, -0.25) is 9.78 Å². The quantitative estimate of drug-likeness (QED) is 0.355. The number of anilines is 2. The minimum absolute atomic E-state index is 0.0458. The van der Waals surface area contributed by atoms with Crippen LogP contribution in [-0.2, 0) is 0 Å². The van der Waals surface area contributed by atoms with Crippen molar-refractivity contribution in [2.24, 2.45) is 0 Å². The summed E-state index contributed by atoms with van der Waals surface area (Å²) in [7, 11) is 0. The molecule has 8 heteroatoms. The van der Waals surface area contributed by atoms with Crippen molar-refractivity contribution in [1.82, 2.24) is 19.9 Å². The molecule has 0 saturated carbocycles. The number of hydrogen-bond donors (Lipinski definition) is 1. The van der Waals surface area contributed by atoms with E-state index >= 15 is 0 Å². The number of halogens is 1. The third-order valence-electron chi connectivity index (χ3n) is 5.45. The molecule has 4 aromatic rings. The molecular weight excluding hydrogens is 486 g/mol. The smallest absolute Gasteiger partial charge is 0.254 e. The number of hydrogen-bond acceptors (Lipinski definition) is 6. The highest BCUT2D eigenvalue weighted by atomic mass is 79.9. The summed E-state index contributed by atoms with van der Waals surface area (Å²) in [6.45, 7) is 0.762. The molecule has 3 aromatic heterocycles. The molecule has 160 valence electrons. The van der Waals surface area contributed by atoms with Crippen LogP contribution in [-0.4, -0.2) is 32.3 Å². The van der Waals surface area contributed by atoms with Gasteiger partial charge in [0.1, 0.15) is 0 Å². The van der Waals surface area contributed by atoms with Crippen LogP contribution < -0.4 is 5.32 Å². The maximum atomic E-state index is 13.2. The van der Waals surface area contributed by atoms with Gasteiger partial charge < -0.3 is 10.2 Å². The normalized spacial score (nSPS) is 15.7.